The van der Waals surface area contributed by atoms with E-state index < -0.39 is 17.4 Å². The van der Waals surface area contributed by atoms with Crippen molar-refractivity contribution in [2.75, 3.05) is 18.5 Å². The Labute approximate surface area is 157 Å². The Kier molecular flexibility index (Phi) is 7.52. The van der Waals surface area contributed by atoms with Crippen molar-refractivity contribution >= 4 is 11.8 Å². The summed E-state index contributed by atoms with van der Waals surface area (Å²) in [4.78, 5) is 15.6. The van der Waals surface area contributed by atoms with E-state index in [1.807, 2.05) is 13.8 Å². The van der Waals surface area contributed by atoms with Gasteiger partial charge < -0.3 is 14.8 Å². The lowest BCUT2D eigenvalue weighted by atomic mass is 10.1. The molecule has 2 aromatic rings. The van der Waals surface area contributed by atoms with Crippen LogP contribution < -0.4 is 10.1 Å². The molecular formula is C20H24F2N2O3. The number of esters is 1. The van der Waals surface area contributed by atoms with Gasteiger partial charge in [-0.05, 0) is 51.5 Å². The molecule has 1 aromatic carbocycles. The molecular weight excluding hydrogens is 354 g/mol. The second-order valence-electron chi connectivity index (χ2n) is 6.23. The first-order valence-corrected chi connectivity index (χ1v) is 8.92. The first kappa shape index (κ1) is 20.6. The van der Waals surface area contributed by atoms with Crippen molar-refractivity contribution in [3.63, 3.8) is 0 Å². The van der Waals surface area contributed by atoms with Gasteiger partial charge in [0.25, 0.3) is 0 Å². The number of nitrogens with one attached hydrogen (secondary N) is 1. The van der Waals surface area contributed by atoms with Gasteiger partial charge in [0.15, 0.2) is 17.4 Å². The van der Waals surface area contributed by atoms with Gasteiger partial charge in [0.2, 0.25) is 0 Å². The highest BCUT2D eigenvalue weighted by atomic mass is 19.1. The summed E-state index contributed by atoms with van der Waals surface area (Å²) >= 11 is 0. The van der Waals surface area contributed by atoms with E-state index in [4.69, 9.17) is 9.47 Å². The number of pyridine rings is 1. The summed E-state index contributed by atoms with van der Waals surface area (Å²) in [5.74, 6) is -1.82. The Hall–Kier alpha value is -2.70. The fourth-order valence-corrected chi connectivity index (χ4v) is 2.44. The van der Waals surface area contributed by atoms with Crippen LogP contribution in [-0.4, -0.2) is 30.2 Å². The number of hydrogen-bond donors (Lipinski definition) is 1. The molecule has 0 saturated carbocycles. The molecule has 1 heterocycles. The van der Waals surface area contributed by atoms with Gasteiger partial charge in [-0.3, -0.25) is 4.79 Å². The number of carbonyl (C=O) groups excluding carboxylic acids is 1. The molecule has 0 unspecified atom stereocenters. The van der Waals surface area contributed by atoms with E-state index in [0.717, 1.165) is 0 Å². The average molecular weight is 378 g/mol. The third kappa shape index (κ3) is 6.20. The van der Waals surface area contributed by atoms with Crippen molar-refractivity contribution in [2.24, 2.45) is 0 Å². The normalized spacial score (nSPS) is 10.7. The highest BCUT2D eigenvalue weighted by Crippen LogP contribution is 2.29. The molecule has 0 fully saturated rings. The second kappa shape index (κ2) is 9.85. The smallest absolute Gasteiger partial charge is 0.305 e. The van der Waals surface area contributed by atoms with Crippen LogP contribution in [-0.2, 0) is 9.53 Å². The molecule has 2 rings (SSSR count). The van der Waals surface area contributed by atoms with Crippen LogP contribution in [0.1, 0.15) is 33.6 Å². The third-order valence-electron chi connectivity index (χ3n) is 3.56. The molecule has 146 valence electrons. The Morgan fingerprint density at radius 2 is 1.93 bits per heavy atom. The number of nitrogens with zero attached hydrogens (tertiary/aromatic N) is 1. The van der Waals surface area contributed by atoms with Gasteiger partial charge in [-0.15, -0.1) is 0 Å². The maximum Gasteiger partial charge on any atom is 0.305 e. The number of aromatic nitrogens is 1. The van der Waals surface area contributed by atoms with Gasteiger partial charge in [0.05, 0.1) is 18.9 Å². The molecule has 5 nitrogen and oxygen atoms in total. The van der Waals surface area contributed by atoms with E-state index in [0.29, 0.717) is 30.1 Å². The number of benzene rings is 1. The average Bonchev–Trinajstić information content (AvgIpc) is 2.60. The monoisotopic (exact) mass is 378 g/mol. The number of carbonyl (C=O) groups is 1. The molecule has 0 aliphatic carbocycles. The van der Waals surface area contributed by atoms with Gasteiger partial charge in [-0.1, -0.05) is 6.07 Å². The molecule has 0 aliphatic heterocycles. The van der Waals surface area contributed by atoms with Gasteiger partial charge in [-0.2, -0.15) is 0 Å². The molecule has 0 aliphatic rings. The summed E-state index contributed by atoms with van der Waals surface area (Å²) in [7, 11) is 0. The lowest BCUT2D eigenvalue weighted by Crippen LogP contribution is -2.11. The number of ether oxygens (including phenoxy) is 2. The minimum atomic E-state index is -0.815. The van der Waals surface area contributed by atoms with Crippen molar-refractivity contribution in [3.05, 3.63) is 42.0 Å². The summed E-state index contributed by atoms with van der Waals surface area (Å²) in [5.41, 5.74) is 0.767. The van der Waals surface area contributed by atoms with E-state index in [9.17, 15) is 13.6 Å². The molecule has 0 radical (unpaired) electrons. The maximum absolute atomic E-state index is 14.3. The number of rotatable bonds is 9. The number of halogens is 2. The van der Waals surface area contributed by atoms with Crippen molar-refractivity contribution in [1.82, 2.24) is 4.98 Å². The summed E-state index contributed by atoms with van der Waals surface area (Å²) in [6.45, 7) is 5.97. The van der Waals surface area contributed by atoms with Gasteiger partial charge in [0, 0.05) is 18.0 Å². The molecule has 1 aromatic heterocycles. The number of anilines is 1. The Balaban J connectivity index is 2.07. The van der Waals surface area contributed by atoms with Crippen molar-refractivity contribution in [1.29, 1.82) is 0 Å². The van der Waals surface area contributed by atoms with E-state index in [2.05, 4.69) is 10.3 Å². The summed E-state index contributed by atoms with van der Waals surface area (Å²) in [6, 6.07) is 7.79. The lowest BCUT2D eigenvalue weighted by molar-refractivity contribution is -0.143. The fraction of sp³-hybridized carbons (Fsp3) is 0.400. The van der Waals surface area contributed by atoms with Crippen LogP contribution in [0.15, 0.2) is 30.3 Å². The summed E-state index contributed by atoms with van der Waals surface area (Å²) in [5, 5.41) is 3.15. The molecule has 27 heavy (non-hydrogen) atoms. The Morgan fingerprint density at radius 3 is 2.56 bits per heavy atom. The lowest BCUT2D eigenvalue weighted by Gasteiger charge is -2.12. The van der Waals surface area contributed by atoms with E-state index in [1.165, 1.54) is 12.1 Å². The van der Waals surface area contributed by atoms with Gasteiger partial charge >= 0.3 is 5.97 Å². The van der Waals surface area contributed by atoms with Crippen LogP contribution in [0.25, 0.3) is 11.3 Å². The number of hydrogen-bond acceptors (Lipinski definition) is 5. The largest absolute Gasteiger partial charge is 0.488 e. The van der Waals surface area contributed by atoms with Crippen LogP contribution in [0.4, 0.5) is 14.6 Å². The minimum Gasteiger partial charge on any atom is -0.488 e. The van der Waals surface area contributed by atoms with Crippen molar-refractivity contribution in [2.45, 2.75) is 39.7 Å². The molecule has 0 bridgehead atoms. The van der Waals surface area contributed by atoms with E-state index in [-0.39, 0.29) is 25.0 Å². The summed E-state index contributed by atoms with van der Waals surface area (Å²) in [6.07, 6.45) is 0.443. The first-order chi connectivity index (χ1) is 12.9. The highest BCUT2D eigenvalue weighted by molar-refractivity contribution is 5.69. The minimum absolute atomic E-state index is 0.0119. The standard InChI is InChI=1S/C20H24F2N2O3/c1-4-26-19(25)9-6-10-27-20-15(21)11-14(12-16(20)22)17-7-5-8-18(24-17)23-13(2)3/h5,7-8,11-13H,4,6,9-10H2,1-3H3,(H,23,24). The zero-order valence-electron chi connectivity index (χ0n) is 15.7. The molecule has 1 N–H and O–H groups in total. The summed E-state index contributed by atoms with van der Waals surface area (Å²) < 4.78 is 38.6. The molecule has 0 atom stereocenters. The Bertz CT molecular complexity index is 759. The topological polar surface area (TPSA) is 60.5 Å². The van der Waals surface area contributed by atoms with Crippen molar-refractivity contribution in [3.8, 4) is 17.0 Å². The quantitative estimate of drug-likeness (QED) is 0.512. The van der Waals surface area contributed by atoms with Crippen molar-refractivity contribution < 1.29 is 23.0 Å². The molecule has 0 spiro atoms. The van der Waals surface area contributed by atoms with Gasteiger partial charge in [-0.25, -0.2) is 13.8 Å². The molecule has 0 amide bonds. The van der Waals surface area contributed by atoms with Crippen LogP contribution >= 0.6 is 0 Å². The fourth-order valence-electron chi connectivity index (χ4n) is 2.44. The first-order valence-electron chi connectivity index (χ1n) is 8.92. The highest BCUT2D eigenvalue weighted by Gasteiger charge is 2.15. The predicted molar refractivity (Wildman–Crippen MR) is 99.7 cm³/mol. The SMILES string of the molecule is CCOC(=O)CCCOc1c(F)cc(-c2cccc(NC(C)C)n2)cc1F. The van der Waals surface area contributed by atoms with Crippen LogP contribution in [0.5, 0.6) is 5.75 Å². The third-order valence-corrected chi connectivity index (χ3v) is 3.56. The Morgan fingerprint density at radius 1 is 1.22 bits per heavy atom. The van der Waals surface area contributed by atoms with E-state index >= 15 is 0 Å². The van der Waals surface area contributed by atoms with Crippen LogP contribution in [0.2, 0.25) is 0 Å². The maximum atomic E-state index is 14.3. The zero-order valence-corrected chi connectivity index (χ0v) is 15.7. The predicted octanol–water partition coefficient (Wildman–Crippen LogP) is 4.57. The van der Waals surface area contributed by atoms with Crippen LogP contribution in [0.3, 0.4) is 0 Å². The van der Waals surface area contributed by atoms with Gasteiger partial charge in [0.1, 0.15) is 5.82 Å². The second-order valence-corrected chi connectivity index (χ2v) is 6.23. The molecule has 7 heteroatoms. The van der Waals surface area contributed by atoms with E-state index in [1.54, 1.807) is 25.1 Å². The zero-order chi connectivity index (χ0) is 19.8. The molecule has 0 saturated heterocycles. The van der Waals surface area contributed by atoms with Crippen LogP contribution in [0, 0.1) is 11.6 Å².